The maximum absolute atomic E-state index is 12.4. The van der Waals surface area contributed by atoms with Gasteiger partial charge in [0.25, 0.3) is 5.91 Å². The van der Waals surface area contributed by atoms with Crippen molar-refractivity contribution in [1.29, 1.82) is 0 Å². The minimum absolute atomic E-state index is 0.0285. The van der Waals surface area contributed by atoms with E-state index in [4.69, 9.17) is 4.74 Å². The van der Waals surface area contributed by atoms with Gasteiger partial charge in [-0.2, -0.15) is 0 Å². The molecule has 0 aliphatic carbocycles. The molecular formula is C22H22N2O2. The Kier molecular flexibility index (Phi) is 4.67. The van der Waals surface area contributed by atoms with Gasteiger partial charge < -0.3 is 10.1 Å². The van der Waals surface area contributed by atoms with Crippen LogP contribution >= 0.6 is 0 Å². The van der Waals surface area contributed by atoms with Gasteiger partial charge >= 0.3 is 0 Å². The van der Waals surface area contributed by atoms with Gasteiger partial charge in [0.05, 0.1) is 12.1 Å². The number of rotatable bonds is 4. The van der Waals surface area contributed by atoms with E-state index < -0.39 is 0 Å². The van der Waals surface area contributed by atoms with Gasteiger partial charge in [-0.1, -0.05) is 30.3 Å². The summed E-state index contributed by atoms with van der Waals surface area (Å²) in [5.74, 6) is 0.406. The molecule has 4 nitrogen and oxygen atoms in total. The van der Waals surface area contributed by atoms with Crippen molar-refractivity contribution >= 4 is 16.8 Å². The minimum atomic E-state index is -0.0285. The second-order valence-electron chi connectivity index (χ2n) is 6.85. The lowest BCUT2D eigenvalue weighted by Crippen LogP contribution is -2.29. The lowest BCUT2D eigenvalue weighted by atomic mass is 9.99. The average Bonchev–Trinajstić information content (AvgIpc) is 3.19. The Labute approximate surface area is 153 Å². The standard InChI is InChI=1S/C22H22N2O2/c1-15-12-20(19-4-2-3-5-21(19)24-15)17-6-8-18(9-7-17)22(25)23-13-16-10-11-26-14-16/h2-9,12,16H,10-11,13-14H2,1H3,(H,23,25). The van der Waals surface area contributed by atoms with Crippen molar-refractivity contribution in [3.8, 4) is 11.1 Å². The number of ether oxygens (including phenoxy) is 1. The first-order chi connectivity index (χ1) is 12.7. The molecule has 26 heavy (non-hydrogen) atoms. The zero-order chi connectivity index (χ0) is 17.9. The number of aromatic nitrogens is 1. The van der Waals surface area contributed by atoms with Crippen LogP contribution in [-0.2, 0) is 4.74 Å². The molecule has 2 aromatic carbocycles. The van der Waals surface area contributed by atoms with Crippen LogP contribution in [0.5, 0.6) is 0 Å². The number of hydrogen-bond acceptors (Lipinski definition) is 3. The highest BCUT2D eigenvalue weighted by molar-refractivity contribution is 5.97. The molecule has 4 rings (SSSR count). The van der Waals surface area contributed by atoms with Crippen LogP contribution < -0.4 is 5.32 Å². The molecule has 1 atom stereocenters. The van der Waals surface area contributed by atoms with Gasteiger partial charge in [-0.25, -0.2) is 0 Å². The van der Waals surface area contributed by atoms with Crippen molar-refractivity contribution < 1.29 is 9.53 Å². The number of fused-ring (bicyclic) bond motifs is 1. The molecular weight excluding hydrogens is 324 g/mol. The third kappa shape index (κ3) is 3.46. The molecule has 1 aromatic heterocycles. The summed E-state index contributed by atoms with van der Waals surface area (Å²) in [6, 6.07) is 18.0. The van der Waals surface area contributed by atoms with Crippen molar-refractivity contribution in [1.82, 2.24) is 10.3 Å². The Balaban J connectivity index is 1.55. The molecule has 1 amide bonds. The maximum atomic E-state index is 12.4. The van der Waals surface area contributed by atoms with Gasteiger partial charge in [0.1, 0.15) is 0 Å². The summed E-state index contributed by atoms with van der Waals surface area (Å²) in [4.78, 5) is 16.9. The Morgan fingerprint density at radius 2 is 2.00 bits per heavy atom. The van der Waals surface area contributed by atoms with E-state index >= 15 is 0 Å². The normalized spacial score (nSPS) is 16.7. The van der Waals surface area contributed by atoms with E-state index in [2.05, 4.69) is 22.4 Å². The predicted octanol–water partition coefficient (Wildman–Crippen LogP) is 3.98. The van der Waals surface area contributed by atoms with E-state index in [1.165, 1.54) is 0 Å². The Morgan fingerprint density at radius 3 is 2.77 bits per heavy atom. The number of hydrogen-bond donors (Lipinski definition) is 1. The molecule has 1 aliphatic heterocycles. The number of carbonyl (C=O) groups is 1. The van der Waals surface area contributed by atoms with Crippen LogP contribution in [0.25, 0.3) is 22.0 Å². The van der Waals surface area contributed by atoms with Crippen molar-refractivity contribution in [3.63, 3.8) is 0 Å². The monoisotopic (exact) mass is 346 g/mol. The van der Waals surface area contributed by atoms with Crippen LogP contribution in [0.4, 0.5) is 0 Å². The molecule has 1 unspecified atom stereocenters. The van der Waals surface area contributed by atoms with E-state index in [1.807, 2.05) is 49.4 Å². The van der Waals surface area contributed by atoms with Crippen LogP contribution in [0.3, 0.4) is 0 Å². The fraction of sp³-hybridized carbons (Fsp3) is 0.273. The van der Waals surface area contributed by atoms with Gasteiger partial charge in [0.15, 0.2) is 0 Å². The fourth-order valence-electron chi connectivity index (χ4n) is 3.43. The third-order valence-electron chi connectivity index (χ3n) is 4.88. The van der Waals surface area contributed by atoms with Crippen molar-refractivity contribution in [2.75, 3.05) is 19.8 Å². The van der Waals surface area contributed by atoms with Crippen molar-refractivity contribution in [3.05, 3.63) is 65.9 Å². The van der Waals surface area contributed by atoms with E-state index in [0.29, 0.717) is 18.0 Å². The summed E-state index contributed by atoms with van der Waals surface area (Å²) in [5.41, 5.74) is 4.89. The van der Waals surface area contributed by atoms with Crippen LogP contribution in [-0.4, -0.2) is 30.6 Å². The van der Waals surface area contributed by atoms with Gasteiger partial charge in [0, 0.05) is 35.7 Å². The first-order valence-corrected chi connectivity index (χ1v) is 9.03. The summed E-state index contributed by atoms with van der Waals surface area (Å²) < 4.78 is 5.35. The van der Waals surface area contributed by atoms with Gasteiger partial charge in [-0.3, -0.25) is 9.78 Å². The van der Waals surface area contributed by atoms with E-state index in [9.17, 15) is 4.79 Å². The van der Waals surface area contributed by atoms with Crippen molar-refractivity contribution in [2.45, 2.75) is 13.3 Å². The molecule has 0 bridgehead atoms. The van der Waals surface area contributed by atoms with Crippen LogP contribution in [0.1, 0.15) is 22.5 Å². The minimum Gasteiger partial charge on any atom is -0.381 e. The molecule has 1 fully saturated rings. The van der Waals surface area contributed by atoms with Gasteiger partial charge in [0.2, 0.25) is 0 Å². The molecule has 1 aliphatic rings. The second-order valence-corrected chi connectivity index (χ2v) is 6.85. The van der Waals surface area contributed by atoms with Crippen LogP contribution in [0, 0.1) is 12.8 Å². The highest BCUT2D eigenvalue weighted by Crippen LogP contribution is 2.28. The molecule has 1 N–H and O–H groups in total. The third-order valence-corrected chi connectivity index (χ3v) is 4.88. The highest BCUT2D eigenvalue weighted by Gasteiger charge is 2.17. The SMILES string of the molecule is Cc1cc(-c2ccc(C(=O)NCC3CCOC3)cc2)c2ccccc2n1. The molecule has 3 aromatic rings. The highest BCUT2D eigenvalue weighted by atomic mass is 16.5. The Morgan fingerprint density at radius 1 is 1.19 bits per heavy atom. The fourth-order valence-corrected chi connectivity index (χ4v) is 3.43. The molecule has 132 valence electrons. The molecule has 0 spiro atoms. The quantitative estimate of drug-likeness (QED) is 0.777. The molecule has 0 saturated carbocycles. The number of amides is 1. The summed E-state index contributed by atoms with van der Waals surface area (Å²) in [6.45, 7) is 4.22. The number of para-hydroxylation sites is 1. The number of nitrogens with zero attached hydrogens (tertiary/aromatic N) is 1. The Hall–Kier alpha value is -2.72. The summed E-state index contributed by atoms with van der Waals surface area (Å²) in [5, 5.41) is 4.13. The maximum Gasteiger partial charge on any atom is 0.251 e. The molecule has 2 heterocycles. The number of pyridine rings is 1. The van der Waals surface area contributed by atoms with E-state index in [0.717, 1.165) is 47.4 Å². The van der Waals surface area contributed by atoms with E-state index in [-0.39, 0.29) is 5.91 Å². The molecule has 1 saturated heterocycles. The Bertz CT molecular complexity index is 929. The lowest BCUT2D eigenvalue weighted by Gasteiger charge is -2.11. The summed E-state index contributed by atoms with van der Waals surface area (Å²) in [7, 11) is 0. The topological polar surface area (TPSA) is 51.2 Å². The number of benzene rings is 2. The first kappa shape index (κ1) is 16.7. The summed E-state index contributed by atoms with van der Waals surface area (Å²) >= 11 is 0. The first-order valence-electron chi connectivity index (χ1n) is 9.03. The zero-order valence-corrected chi connectivity index (χ0v) is 14.9. The largest absolute Gasteiger partial charge is 0.381 e. The summed E-state index contributed by atoms with van der Waals surface area (Å²) in [6.07, 6.45) is 1.02. The average molecular weight is 346 g/mol. The zero-order valence-electron chi connectivity index (χ0n) is 14.9. The number of nitrogens with one attached hydrogen (secondary N) is 1. The van der Waals surface area contributed by atoms with Crippen LogP contribution in [0.2, 0.25) is 0 Å². The second kappa shape index (κ2) is 7.26. The molecule has 4 heteroatoms. The van der Waals surface area contributed by atoms with Gasteiger partial charge in [-0.15, -0.1) is 0 Å². The van der Waals surface area contributed by atoms with Gasteiger partial charge in [-0.05, 0) is 48.7 Å². The smallest absolute Gasteiger partial charge is 0.251 e. The number of carbonyl (C=O) groups excluding carboxylic acids is 1. The predicted molar refractivity (Wildman–Crippen MR) is 103 cm³/mol. The lowest BCUT2D eigenvalue weighted by molar-refractivity contribution is 0.0945. The number of aryl methyl sites for hydroxylation is 1. The van der Waals surface area contributed by atoms with E-state index in [1.54, 1.807) is 0 Å². The van der Waals surface area contributed by atoms with Crippen LogP contribution in [0.15, 0.2) is 54.6 Å². The molecule has 0 radical (unpaired) electrons. The van der Waals surface area contributed by atoms with Crippen molar-refractivity contribution in [2.24, 2.45) is 5.92 Å².